The van der Waals surface area contributed by atoms with Crippen molar-refractivity contribution in [1.29, 1.82) is 0 Å². The maximum Gasteiger partial charge on any atom is 0.00886 e. The van der Waals surface area contributed by atoms with E-state index in [4.69, 9.17) is 0 Å². The van der Waals surface area contributed by atoms with Crippen LogP contribution in [-0.4, -0.2) is 4.43 Å². The Labute approximate surface area is 103 Å². The molecule has 82 valence electrons. The molecule has 0 rings (SSSR count). The van der Waals surface area contributed by atoms with Crippen LogP contribution in [-0.2, 0) is 0 Å². The third-order valence-corrected chi connectivity index (χ3v) is 2.98. The molecule has 0 nitrogen and oxygen atoms in total. The van der Waals surface area contributed by atoms with Crippen molar-refractivity contribution < 1.29 is 0 Å². The van der Waals surface area contributed by atoms with Crippen LogP contribution in [0.3, 0.4) is 0 Å². The molecule has 0 N–H and O–H groups in total. The summed E-state index contributed by atoms with van der Waals surface area (Å²) in [4.78, 5) is 0. The number of alkyl halides is 1. The molecule has 0 atom stereocenters. The van der Waals surface area contributed by atoms with Gasteiger partial charge in [-0.2, -0.15) is 0 Å². The van der Waals surface area contributed by atoms with Crippen molar-refractivity contribution in [2.24, 2.45) is 0 Å². The topological polar surface area (TPSA) is 0 Å². The van der Waals surface area contributed by atoms with Crippen molar-refractivity contribution >= 4 is 22.6 Å². The molecular weight excluding hydrogens is 283 g/mol. The van der Waals surface area contributed by atoms with E-state index in [0.29, 0.717) is 0 Å². The van der Waals surface area contributed by atoms with Gasteiger partial charge in [-0.3, -0.25) is 0 Å². The van der Waals surface area contributed by atoms with E-state index in [9.17, 15) is 0 Å². The standard InChI is InChI=1S/C13H23I/c1-2-3-4-5-6-7-8-9-10-11-12-13-14/h2-6,9-13H2,1H3. The molecule has 0 fully saturated rings. The number of halogens is 1. The van der Waals surface area contributed by atoms with Gasteiger partial charge in [0.2, 0.25) is 0 Å². The van der Waals surface area contributed by atoms with Crippen LogP contribution in [0.2, 0.25) is 0 Å². The van der Waals surface area contributed by atoms with Crippen molar-refractivity contribution in [3.8, 4) is 11.8 Å². The summed E-state index contributed by atoms with van der Waals surface area (Å²) < 4.78 is 1.29. The summed E-state index contributed by atoms with van der Waals surface area (Å²) in [5.74, 6) is 6.54. The second-order valence-corrected chi connectivity index (χ2v) is 4.74. The average molecular weight is 306 g/mol. The molecule has 0 heterocycles. The Morgan fingerprint density at radius 1 is 0.786 bits per heavy atom. The molecule has 0 bridgehead atoms. The molecule has 14 heavy (non-hydrogen) atoms. The predicted octanol–water partition coefficient (Wildman–Crippen LogP) is 4.96. The first kappa shape index (κ1) is 14.3. The zero-order valence-electron chi connectivity index (χ0n) is 9.45. The van der Waals surface area contributed by atoms with Crippen molar-refractivity contribution in [1.82, 2.24) is 0 Å². The molecule has 0 amide bonds. The van der Waals surface area contributed by atoms with Crippen LogP contribution in [0.4, 0.5) is 0 Å². The fraction of sp³-hybridized carbons (Fsp3) is 0.846. The van der Waals surface area contributed by atoms with Gasteiger partial charge in [0.1, 0.15) is 0 Å². The quantitative estimate of drug-likeness (QED) is 0.257. The van der Waals surface area contributed by atoms with E-state index >= 15 is 0 Å². The van der Waals surface area contributed by atoms with Crippen molar-refractivity contribution in [2.75, 3.05) is 4.43 Å². The first-order valence-corrected chi connectivity index (χ1v) is 7.46. The van der Waals surface area contributed by atoms with E-state index in [2.05, 4.69) is 41.4 Å². The molecule has 0 aliphatic carbocycles. The highest BCUT2D eigenvalue weighted by Crippen LogP contribution is 2.03. The molecule has 0 aliphatic rings. The van der Waals surface area contributed by atoms with E-state index in [1.54, 1.807) is 0 Å². The molecule has 0 aromatic carbocycles. The lowest BCUT2D eigenvalue weighted by molar-refractivity contribution is 0.679. The normalized spacial score (nSPS) is 9.57. The Bertz CT molecular complexity index is 136. The number of rotatable bonds is 8. The number of unbranched alkanes of at least 4 members (excludes halogenated alkanes) is 7. The third kappa shape index (κ3) is 12.3. The van der Waals surface area contributed by atoms with E-state index in [1.807, 2.05) is 0 Å². The Balaban J connectivity index is 3.03. The summed E-state index contributed by atoms with van der Waals surface area (Å²) in [6.07, 6.45) is 11.6. The molecule has 0 unspecified atom stereocenters. The van der Waals surface area contributed by atoms with Crippen molar-refractivity contribution in [3.05, 3.63) is 0 Å². The van der Waals surface area contributed by atoms with Crippen LogP contribution < -0.4 is 0 Å². The molecule has 0 saturated heterocycles. The van der Waals surface area contributed by atoms with Crippen molar-refractivity contribution in [3.63, 3.8) is 0 Å². The van der Waals surface area contributed by atoms with E-state index in [-0.39, 0.29) is 0 Å². The molecule has 0 radical (unpaired) electrons. The summed E-state index contributed by atoms with van der Waals surface area (Å²) >= 11 is 2.44. The molecule has 0 saturated carbocycles. The zero-order chi connectivity index (χ0) is 10.5. The van der Waals surface area contributed by atoms with E-state index in [1.165, 1.54) is 49.4 Å². The minimum atomic E-state index is 1.12. The first-order chi connectivity index (χ1) is 6.91. The number of hydrogen-bond acceptors (Lipinski definition) is 0. The van der Waals surface area contributed by atoms with Crippen molar-refractivity contribution in [2.45, 2.75) is 64.7 Å². The Morgan fingerprint density at radius 2 is 1.36 bits per heavy atom. The van der Waals surface area contributed by atoms with Crippen LogP contribution >= 0.6 is 22.6 Å². The maximum absolute atomic E-state index is 3.27. The van der Waals surface area contributed by atoms with Gasteiger partial charge in [-0.15, -0.1) is 11.8 Å². The van der Waals surface area contributed by atoms with Gasteiger partial charge in [-0.05, 0) is 23.7 Å². The fourth-order valence-corrected chi connectivity index (χ4v) is 1.84. The minimum absolute atomic E-state index is 1.12. The lowest BCUT2D eigenvalue weighted by Crippen LogP contribution is -1.77. The van der Waals surface area contributed by atoms with E-state index in [0.717, 1.165) is 12.8 Å². The summed E-state index contributed by atoms with van der Waals surface area (Å²) in [5, 5.41) is 0. The minimum Gasteiger partial charge on any atom is -0.103 e. The average Bonchev–Trinajstić information content (AvgIpc) is 2.21. The summed E-state index contributed by atoms with van der Waals surface area (Å²) in [6, 6.07) is 0. The Morgan fingerprint density at radius 3 is 1.86 bits per heavy atom. The summed E-state index contributed by atoms with van der Waals surface area (Å²) in [7, 11) is 0. The van der Waals surface area contributed by atoms with Crippen LogP contribution in [0.15, 0.2) is 0 Å². The van der Waals surface area contributed by atoms with Gasteiger partial charge >= 0.3 is 0 Å². The molecule has 0 spiro atoms. The van der Waals surface area contributed by atoms with Gasteiger partial charge < -0.3 is 0 Å². The van der Waals surface area contributed by atoms with Crippen LogP contribution in [0.25, 0.3) is 0 Å². The third-order valence-electron chi connectivity index (χ3n) is 2.22. The molecule has 0 aromatic heterocycles. The summed E-state index contributed by atoms with van der Waals surface area (Å²) in [6.45, 7) is 2.25. The smallest absolute Gasteiger partial charge is 0.00886 e. The second kappa shape index (κ2) is 13.3. The van der Waals surface area contributed by atoms with Gasteiger partial charge in [0, 0.05) is 12.8 Å². The highest BCUT2D eigenvalue weighted by Gasteiger charge is 1.85. The number of hydrogen-bond donors (Lipinski definition) is 0. The Kier molecular flexibility index (Phi) is 13.6. The van der Waals surface area contributed by atoms with Gasteiger partial charge in [0.15, 0.2) is 0 Å². The monoisotopic (exact) mass is 306 g/mol. The molecule has 1 heteroatoms. The van der Waals surface area contributed by atoms with E-state index < -0.39 is 0 Å². The maximum atomic E-state index is 3.27. The largest absolute Gasteiger partial charge is 0.103 e. The lowest BCUT2D eigenvalue weighted by Gasteiger charge is -1.93. The molecule has 0 aliphatic heterocycles. The molecular formula is C13H23I. The fourth-order valence-electron chi connectivity index (χ4n) is 1.30. The van der Waals surface area contributed by atoms with Gasteiger partial charge in [0.25, 0.3) is 0 Å². The SMILES string of the molecule is CCCCCCC#CCCCCCI. The highest BCUT2D eigenvalue weighted by molar-refractivity contribution is 14.1. The first-order valence-electron chi connectivity index (χ1n) is 5.93. The van der Waals surface area contributed by atoms with Gasteiger partial charge in [-0.25, -0.2) is 0 Å². The predicted molar refractivity (Wildman–Crippen MR) is 73.9 cm³/mol. The van der Waals surface area contributed by atoms with Gasteiger partial charge in [0.05, 0.1) is 0 Å². The highest BCUT2D eigenvalue weighted by atomic mass is 127. The second-order valence-electron chi connectivity index (χ2n) is 3.66. The van der Waals surface area contributed by atoms with Crippen LogP contribution in [0.5, 0.6) is 0 Å². The zero-order valence-corrected chi connectivity index (χ0v) is 11.6. The molecule has 0 aromatic rings. The van der Waals surface area contributed by atoms with Crippen LogP contribution in [0.1, 0.15) is 64.7 Å². The van der Waals surface area contributed by atoms with Crippen LogP contribution in [0, 0.1) is 11.8 Å². The summed E-state index contributed by atoms with van der Waals surface area (Å²) in [5.41, 5.74) is 0. The lowest BCUT2D eigenvalue weighted by atomic mass is 10.1. The van der Waals surface area contributed by atoms with Gasteiger partial charge in [-0.1, -0.05) is 55.2 Å². The Hall–Kier alpha value is 0.290.